The molecule has 0 fully saturated rings. The Morgan fingerprint density at radius 3 is 2.46 bits per heavy atom. The molecule has 0 saturated carbocycles. The molecule has 122 valence electrons. The van der Waals surface area contributed by atoms with Crippen LogP contribution in [-0.4, -0.2) is 12.5 Å². The van der Waals surface area contributed by atoms with Gasteiger partial charge in [0.15, 0.2) is 0 Å². The van der Waals surface area contributed by atoms with Gasteiger partial charge in [-0.25, -0.2) is 0 Å². The van der Waals surface area contributed by atoms with E-state index in [2.05, 4.69) is 66.8 Å². The number of nitrogens with one attached hydrogen (secondary N) is 1. The standard InChI is InChI=1S/C22H23NO/c1-3-17-9-10-19-14-21(18-7-5-4-6-8-18)15-20(22(19)13-17)11-12-23-16(2)24/h4-10,13-15H,3,11-12H2,1-2H3,(H,23,24). The summed E-state index contributed by atoms with van der Waals surface area (Å²) >= 11 is 0. The molecule has 3 rings (SSSR count). The second kappa shape index (κ2) is 7.31. The number of fused-ring (bicyclic) bond motifs is 1. The van der Waals surface area contributed by atoms with Gasteiger partial charge in [0.25, 0.3) is 0 Å². The SMILES string of the molecule is CCc1ccc2cc(-c3ccccc3)cc(CCNC(C)=O)c2c1. The van der Waals surface area contributed by atoms with E-state index in [1.807, 2.05) is 6.07 Å². The zero-order valence-corrected chi connectivity index (χ0v) is 14.3. The summed E-state index contributed by atoms with van der Waals surface area (Å²) in [5, 5.41) is 5.45. The summed E-state index contributed by atoms with van der Waals surface area (Å²) < 4.78 is 0. The van der Waals surface area contributed by atoms with Crippen LogP contribution in [0.25, 0.3) is 21.9 Å². The third-order valence-electron chi connectivity index (χ3n) is 4.39. The number of carbonyl (C=O) groups excluding carboxylic acids is 1. The zero-order valence-electron chi connectivity index (χ0n) is 14.3. The van der Waals surface area contributed by atoms with Crippen LogP contribution in [0, 0.1) is 0 Å². The smallest absolute Gasteiger partial charge is 0.216 e. The Balaban J connectivity index is 2.07. The maximum atomic E-state index is 11.2. The van der Waals surface area contributed by atoms with Gasteiger partial charge in [0, 0.05) is 13.5 Å². The van der Waals surface area contributed by atoms with Gasteiger partial charge in [0.2, 0.25) is 5.91 Å². The van der Waals surface area contributed by atoms with Crippen molar-refractivity contribution in [2.45, 2.75) is 26.7 Å². The fourth-order valence-electron chi connectivity index (χ4n) is 3.08. The van der Waals surface area contributed by atoms with E-state index >= 15 is 0 Å². The lowest BCUT2D eigenvalue weighted by Crippen LogP contribution is -2.22. The number of benzene rings is 3. The monoisotopic (exact) mass is 317 g/mol. The van der Waals surface area contributed by atoms with Crippen LogP contribution in [0.5, 0.6) is 0 Å². The third kappa shape index (κ3) is 3.65. The molecular formula is C22H23NO. The molecule has 2 heteroatoms. The van der Waals surface area contributed by atoms with E-state index in [0.29, 0.717) is 6.54 Å². The maximum Gasteiger partial charge on any atom is 0.216 e. The molecule has 24 heavy (non-hydrogen) atoms. The first-order chi connectivity index (χ1) is 11.7. The van der Waals surface area contributed by atoms with Crippen molar-refractivity contribution in [1.29, 1.82) is 0 Å². The molecule has 1 N–H and O–H groups in total. The molecule has 0 aliphatic carbocycles. The number of rotatable bonds is 5. The predicted molar refractivity (Wildman–Crippen MR) is 101 cm³/mol. The number of amides is 1. The van der Waals surface area contributed by atoms with Crippen molar-refractivity contribution in [2.75, 3.05) is 6.54 Å². The summed E-state index contributed by atoms with van der Waals surface area (Å²) in [6, 6.07) is 21.7. The molecule has 0 spiro atoms. The highest BCUT2D eigenvalue weighted by Gasteiger charge is 2.07. The zero-order chi connectivity index (χ0) is 16.9. The number of hydrogen-bond acceptors (Lipinski definition) is 1. The van der Waals surface area contributed by atoms with Crippen LogP contribution in [0.1, 0.15) is 25.0 Å². The Labute approximate surface area is 143 Å². The van der Waals surface area contributed by atoms with Gasteiger partial charge >= 0.3 is 0 Å². The number of aryl methyl sites for hydroxylation is 1. The van der Waals surface area contributed by atoms with Crippen molar-refractivity contribution in [3.63, 3.8) is 0 Å². The molecule has 0 saturated heterocycles. The first-order valence-electron chi connectivity index (χ1n) is 8.53. The highest BCUT2D eigenvalue weighted by atomic mass is 16.1. The van der Waals surface area contributed by atoms with Crippen LogP contribution in [0.15, 0.2) is 60.7 Å². The average Bonchev–Trinajstić information content (AvgIpc) is 2.61. The highest BCUT2D eigenvalue weighted by Crippen LogP contribution is 2.29. The minimum Gasteiger partial charge on any atom is -0.356 e. The number of hydrogen-bond donors (Lipinski definition) is 1. The summed E-state index contributed by atoms with van der Waals surface area (Å²) in [6.45, 7) is 4.41. The van der Waals surface area contributed by atoms with Gasteiger partial charge in [0.1, 0.15) is 0 Å². The van der Waals surface area contributed by atoms with Crippen LogP contribution < -0.4 is 5.32 Å². The molecule has 1 amide bonds. The fraction of sp³-hybridized carbons (Fsp3) is 0.227. The van der Waals surface area contributed by atoms with Crippen LogP contribution in [0.4, 0.5) is 0 Å². The van der Waals surface area contributed by atoms with Crippen LogP contribution >= 0.6 is 0 Å². The maximum absolute atomic E-state index is 11.2. The molecule has 0 aromatic heterocycles. The van der Waals surface area contributed by atoms with E-state index < -0.39 is 0 Å². The molecule has 0 bridgehead atoms. The molecule has 3 aromatic carbocycles. The van der Waals surface area contributed by atoms with Crippen molar-refractivity contribution >= 4 is 16.7 Å². The molecule has 2 nitrogen and oxygen atoms in total. The van der Waals surface area contributed by atoms with Gasteiger partial charge in [-0.3, -0.25) is 4.79 Å². The second-order valence-corrected chi connectivity index (χ2v) is 6.14. The summed E-state index contributed by atoms with van der Waals surface area (Å²) in [6.07, 6.45) is 1.87. The van der Waals surface area contributed by atoms with Crippen LogP contribution in [-0.2, 0) is 17.6 Å². The quantitative estimate of drug-likeness (QED) is 0.723. The van der Waals surface area contributed by atoms with Gasteiger partial charge in [-0.05, 0) is 51.9 Å². The summed E-state index contributed by atoms with van der Waals surface area (Å²) in [5.74, 6) is 0.0211. The Kier molecular flexibility index (Phi) is 4.95. The lowest BCUT2D eigenvalue weighted by atomic mass is 9.94. The van der Waals surface area contributed by atoms with Gasteiger partial charge < -0.3 is 5.32 Å². The minimum atomic E-state index is 0.0211. The molecule has 0 unspecified atom stereocenters. The number of carbonyl (C=O) groups is 1. The average molecular weight is 317 g/mol. The Morgan fingerprint density at radius 1 is 0.958 bits per heavy atom. The highest BCUT2D eigenvalue weighted by molar-refractivity contribution is 5.91. The third-order valence-corrected chi connectivity index (χ3v) is 4.39. The van der Waals surface area contributed by atoms with Crippen molar-refractivity contribution in [2.24, 2.45) is 0 Å². The van der Waals surface area contributed by atoms with Crippen molar-refractivity contribution in [1.82, 2.24) is 5.32 Å². The normalized spacial score (nSPS) is 10.8. The van der Waals surface area contributed by atoms with Crippen molar-refractivity contribution < 1.29 is 4.79 Å². The molecule has 0 radical (unpaired) electrons. The summed E-state index contributed by atoms with van der Waals surface area (Å²) in [7, 11) is 0. The van der Waals surface area contributed by atoms with Crippen molar-refractivity contribution in [3.05, 3.63) is 71.8 Å². The van der Waals surface area contributed by atoms with Gasteiger partial charge in [-0.15, -0.1) is 0 Å². The minimum absolute atomic E-state index is 0.0211. The fourth-order valence-corrected chi connectivity index (χ4v) is 3.08. The van der Waals surface area contributed by atoms with E-state index in [9.17, 15) is 4.79 Å². The molecule has 3 aromatic rings. The van der Waals surface area contributed by atoms with E-state index in [1.54, 1.807) is 6.92 Å². The lowest BCUT2D eigenvalue weighted by Gasteiger charge is -2.12. The largest absolute Gasteiger partial charge is 0.356 e. The topological polar surface area (TPSA) is 29.1 Å². The van der Waals surface area contributed by atoms with Gasteiger partial charge in [-0.2, -0.15) is 0 Å². The molecule has 0 aliphatic heterocycles. The molecule has 0 aliphatic rings. The van der Waals surface area contributed by atoms with E-state index in [0.717, 1.165) is 12.8 Å². The predicted octanol–water partition coefficient (Wildman–Crippen LogP) is 4.75. The Morgan fingerprint density at radius 2 is 1.75 bits per heavy atom. The van der Waals surface area contributed by atoms with E-state index in [4.69, 9.17) is 0 Å². The van der Waals surface area contributed by atoms with E-state index in [-0.39, 0.29) is 5.91 Å². The molecule has 0 atom stereocenters. The Hall–Kier alpha value is -2.61. The van der Waals surface area contributed by atoms with Gasteiger partial charge in [-0.1, -0.05) is 61.5 Å². The molecular weight excluding hydrogens is 294 g/mol. The lowest BCUT2D eigenvalue weighted by molar-refractivity contribution is -0.118. The first kappa shape index (κ1) is 16.3. The second-order valence-electron chi connectivity index (χ2n) is 6.14. The van der Waals surface area contributed by atoms with Crippen LogP contribution in [0.2, 0.25) is 0 Å². The molecule has 0 heterocycles. The van der Waals surface area contributed by atoms with E-state index in [1.165, 1.54) is 33.0 Å². The first-order valence-corrected chi connectivity index (χ1v) is 8.53. The van der Waals surface area contributed by atoms with Gasteiger partial charge in [0.05, 0.1) is 0 Å². The van der Waals surface area contributed by atoms with Crippen LogP contribution in [0.3, 0.4) is 0 Å². The Bertz CT molecular complexity index is 852. The van der Waals surface area contributed by atoms with Crippen molar-refractivity contribution in [3.8, 4) is 11.1 Å². The summed E-state index contributed by atoms with van der Waals surface area (Å²) in [5.41, 5.74) is 5.08. The summed E-state index contributed by atoms with van der Waals surface area (Å²) in [4.78, 5) is 11.2.